The van der Waals surface area contributed by atoms with Crippen molar-refractivity contribution in [3.63, 3.8) is 0 Å². The fourth-order valence-electron chi connectivity index (χ4n) is 3.69. The average molecular weight is 339 g/mol. The largest absolute Gasteiger partial charge is 0.198 e. The minimum absolute atomic E-state index is 0.366. The first kappa shape index (κ1) is 18.0. The molecule has 0 bridgehead atoms. The van der Waals surface area contributed by atoms with Crippen molar-refractivity contribution < 1.29 is 0 Å². The van der Waals surface area contributed by atoms with Crippen LogP contribution < -0.4 is 0 Å². The van der Waals surface area contributed by atoms with Gasteiger partial charge in [0.25, 0.3) is 0 Å². The van der Waals surface area contributed by atoms with E-state index in [4.69, 9.17) is 5.26 Å². The molecule has 0 saturated heterocycles. The van der Waals surface area contributed by atoms with Crippen LogP contribution in [0.5, 0.6) is 0 Å². The highest BCUT2D eigenvalue weighted by Gasteiger charge is 2.20. The molecular formula is C25H25N. The normalized spacial score (nSPS) is 11.8. The molecule has 1 heteroatoms. The molecule has 0 aliphatic heterocycles. The molecule has 3 aromatic rings. The second kappa shape index (κ2) is 9.59. The Hall–Kier alpha value is -2.85. The number of rotatable bonds is 8. The van der Waals surface area contributed by atoms with Gasteiger partial charge in [-0.25, -0.2) is 0 Å². The summed E-state index contributed by atoms with van der Waals surface area (Å²) in [5.41, 5.74) is 4.07. The van der Waals surface area contributed by atoms with Gasteiger partial charge >= 0.3 is 0 Å². The Morgan fingerprint density at radius 2 is 1.19 bits per heavy atom. The Morgan fingerprint density at radius 1 is 0.692 bits per heavy atom. The number of nitriles is 1. The van der Waals surface area contributed by atoms with Crippen molar-refractivity contribution in [1.29, 1.82) is 5.26 Å². The van der Waals surface area contributed by atoms with Crippen LogP contribution in [0.1, 0.15) is 41.9 Å². The van der Waals surface area contributed by atoms with Gasteiger partial charge in [-0.2, -0.15) is 5.26 Å². The topological polar surface area (TPSA) is 23.8 Å². The number of benzene rings is 3. The summed E-state index contributed by atoms with van der Waals surface area (Å²) in [5.74, 6) is 0.854. The zero-order valence-electron chi connectivity index (χ0n) is 15.1. The standard InChI is InChI=1S/C25H25N/c26-18-10-13-22(19-21-11-4-1-5-12-21)20-25(23-14-6-2-7-15-23)24-16-8-3-9-17-24/h1-9,11-12,14-17,22,25H,10,13,19-20H2. The summed E-state index contributed by atoms with van der Waals surface area (Å²) in [4.78, 5) is 0. The van der Waals surface area contributed by atoms with E-state index in [0.717, 1.165) is 19.3 Å². The number of nitrogens with zero attached hydrogens (tertiary/aromatic N) is 1. The molecule has 0 saturated carbocycles. The van der Waals surface area contributed by atoms with Crippen LogP contribution in [0.15, 0.2) is 91.0 Å². The molecule has 0 spiro atoms. The SMILES string of the molecule is N#CCCC(Cc1ccccc1)CC(c1ccccc1)c1ccccc1. The lowest BCUT2D eigenvalue weighted by atomic mass is 9.80. The lowest BCUT2D eigenvalue weighted by molar-refractivity contribution is 0.430. The van der Waals surface area contributed by atoms with E-state index < -0.39 is 0 Å². The van der Waals surface area contributed by atoms with Crippen molar-refractivity contribution in [2.45, 2.75) is 31.6 Å². The van der Waals surface area contributed by atoms with Gasteiger partial charge in [-0.1, -0.05) is 91.0 Å². The summed E-state index contributed by atoms with van der Waals surface area (Å²) in [6, 6.07) is 34.5. The monoisotopic (exact) mass is 339 g/mol. The predicted molar refractivity (Wildman–Crippen MR) is 108 cm³/mol. The maximum atomic E-state index is 9.10. The first-order valence-electron chi connectivity index (χ1n) is 9.37. The van der Waals surface area contributed by atoms with Gasteiger partial charge in [-0.05, 0) is 41.9 Å². The molecule has 0 amide bonds. The second-order valence-electron chi connectivity index (χ2n) is 6.86. The smallest absolute Gasteiger partial charge is 0.0621 e. The molecule has 0 aliphatic carbocycles. The summed E-state index contributed by atoms with van der Waals surface area (Å²) < 4.78 is 0. The first-order valence-corrected chi connectivity index (χ1v) is 9.37. The molecule has 0 aromatic heterocycles. The van der Waals surface area contributed by atoms with Gasteiger partial charge in [0.05, 0.1) is 6.07 Å². The highest BCUT2D eigenvalue weighted by molar-refractivity contribution is 5.32. The number of hydrogen-bond donors (Lipinski definition) is 0. The maximum Gasteiger partial charge on any atom is 0.0621 e. The second-order valence-corrected chi connectivity index (χ2v) is 6.86. The average Bonchev–Trinajstić information content (AvgIpc) is 2.72. The predicted octanol–water partition coefficient (Wildman–Crippen LogP) is 6.37. The van der Waals surface area contributed by atoms with Crippen molar-refractivity contribution in [2.75, 3.05) is 0 Å². The first-order chi connectivity index (χ1) is 12.9. The minimum Gasteiger partial charge on any atom is -0.198 e. The van der Waals surface area contributed by atoms with Gasteiger partial charge < -0.3 is 0 Å². The zero-order valence-corrected chi connectivity index (χ0v) is 15.1. The molecule has 0 radical (unpaired) electrons. The zero-order chi connectivity index (χ0) is 18.0. The molecule has 3 aromatic carbocycles. The van der Waals surface area contributed by atoms with Gasteiger partial charge in [-0.3, -0.25) is 0 Å². The summed E-state index contributed by atoms with van der Waals surface area (Å²) in [7, 11) is 0. The van der Waals surface area contributed by atoms with E-state index in [-0.39, 0.29) is 0 Å². The van der Waals surface area contributed by atoms with E-state index in [1.54, 1.807) is 0 Å². The molecule has 130 valence electrons. The van der Waals surface area contributed by atoms with Gasteiger partial charge in [0.2, 0.25) is 0 Å². The van der Waals surface area contributed by atoms with Crippen molar-refractivity contribution >= 4 is 0 Å². The summed E-state index contributed by atoms with van der Waals surface area (Å²) in [5, 5.41) is 9.10. The quantitative estimate of drug-likeness (QED) is 0.467. The minimum atomic E-state index is 0.366. The molecule has 0 aliphatic rings. The summed E-state index contributed by atoms with van der Waals surface area (Å²) in [6.07, 6.45) is 3.65. The van der Waals surface area contributed by atoms with Crippen LogP contribution in [0.3, 0.4) is 0 Å². The lowest BCUT2D eigenvalue weighted by Crippen LogP contribution is -2.12. The summed E-state index contributed by atoms with van der Waals surface area (Å²) in [6.45, 7) is 0. The molecule has 0 heterocycles. The Morgan fingerprint density at radius 3 is 1.69 bits per heavy atom. The van der Waals surface area contributed by atoms with E-state index in [9.17, 15) is 0 Å². The van der Waals surface area contributed by atoms with Crippen LogP contribution in [0, 0.1) is 17.2 Å². The van der Waals surface area contributed by atoms with Crippen LogP contribution in [0.25, 0.3) is 0 Å². The Labute approximate surface area is 156 Å². The van der Waals surface area contributed by atoms with Gasteiger partial charge in [0.1, 0.15) is 0 Å². The number of hydrogen-bond acceptors (Lipinski definition) is 1. The third kappa shape index (κ3) is 5.07. The van der Waals surface area contributed by atoms with Gasteiger partial charge in [0, 0.05) is 12.3 Å². The Bertz CT molecular complexity index is 764. The Kier molecular flexibility index (Phi) is 6.62. The third-order valence-corrected chi connectivity index (χ3v) is 5.00. The van der Waals surface area contributed by atoms with Crippen LogP contribution in [0.4, 0.5) is 0 Å². The van der Waals surface area contributed by atoms with Crippen LogP contribution in [0.2, 0.25) is 0 Å². The molecule has 26 heavy (non-hydrogen) atoms. The molecule has 1 unspecified atom stereocenters. The molecular weight excluding hydrogens is 314 g/mol. The molecule has 0 N–H and O–H groups in total. The highest BCUT2D eigenvalue weighted by atomic mass is 14.3. The molecule has 1 atom stereocenters. The highest BCUT2D eigenvalue weighted by Crippen LogP contribution is 2.33. The van der Waals surface area contributed by atoms with Crippen LogP contribution in [-0.2, 0) is 6.42 Å². The lowest BCUT2D eigenvalue weighted by Gasteiger charge is -2.24. The van der Waals surface area contributed by atoms with Crippen molar-refractivity contribution in [2.24, 2.45) is 5.92 Å². The fraction of sp³-hybridized carbons (Fsp3) is 0.240. The van der Waals surface area contributed by atoms with E-state index in [2.05, 4.69) is 97.1 Å². The van der Waals surface area contributed by atoms with Crippen LogP contribution in [-0.4, -0.2) is 0 Å². The van der Waals surface area contributed by atoms with E-state index in [1.165, 1.54) is 16.7 Å². The summed E-state index contributed by atoms with van der Waals surface area (Å²) >= 11 is 0. The van der Waals surface area contributed by atoms with Gasteiger partial charge in [0.15, 0.2) is 0 Å². The molecule has 0 fully saturated rings. The third-order valence-electron chi connectivity index (χ3n) is 5.00. The Balaban J connectivity index is 1.85. The van der Waals surface area contributed by atoms with Crippen LogP contribution >= 0.6 is 0 Å². The van der Waals surface area contributed by atoms with Crippen molar-refractivity contribution in [1.82, 2.24) is 0 Å². The van der Waals surface area contributed by atoms with Gasteiger partial charge in [-0.15, -0.1) is 0 Å². The molecule has 1 nitrogen and oxygen atoms in total. The van der Waals surface area contributed by atoms with Crippen molar-refractivity contribution in [3.8, 4) is 6.07 Å². The van der Waals surface area contributed by atoms with E-state index in [0.29, 0.717) is 18.3 Å². The van der Waals surface area contributed by atoms with E-state index >= 15 is 0 Å². The van der Waals surface area contributed by atoms with Crippen molar-refractivity contribution in [3.05, 3.63) is 108 Å². The van der Waals surface area contributed by atoms with E-state index in [1.807, 2.05) is 0 Å². The fourth-order valence-corrected chi connectivity index (χ4v) is 3.69. The molecule has 3 rings (SSSR count). The maximum absolute atomic E-state index is 9.10.